The second-order valence-corrected chi connectivity index (χ2v) is 8.63. The van der Waals surface area contributed by atoms with E-state index >= 15 is 0 Å². The molecular formula is C20H35NO. The molecular weight excluding hydrogens is 270 g/mol. The summed E-state index contributed by atoms with van der Waals surface area (Å²) < 4.78 is 5.83. The molecule has 0 amide bonds. The van der Waals surface area contributed by atoms with Crippen LogP contribution in [0.3, 0.4) is 0 Å². The number of hydrogen-bond donors (Lipinski definition) is 0. The molecule has 2 heteroatoms. The number of allylic oxidation sites excluding steroid dienone is 4. The van der Waals surface area contributed by atoms with Crippen LogP contribution in [-0.2, 0) is 4.74 Å². The molecule has 0 saturated carbocycles. The van der Waals surface area contributed by atoms with Crippen LogP contribution in [0.4, 0.5) is 0 Å². The van der Waals surface area contributed by atoms with Crippen LogP contribution in [-0.4, -0.2) is 36.7 Å². The first-order chi connectivity index (χ1) is 10.2. The van der Waals surface area contributed by atoms with Crippen LogP contribution < -0.4 is 0 Å². The fourth-order valence-corrected chi connectivity index (χ4v) is 3.80. The summed E-state index contributed by atoms with van der Waals surface area (Å²) in [6.45, 7) is 17.1. The van der Waals surface area contributed by atoms with E-state index in [1.165, 1.54) is 25.0 Å². The van der Waals surface area contributed by atoms with Crippen LogP contribution in [0.1, 0.15) is 54.4 Å². The molecule has 2 rings (SSSR count). The third kappa shape index (κ3) is 5.24. The molecule has 0 aromatic carbocycles. The standard InChI is InChI=1S/C20H35NO/c1-15(12-21-13-16(2)22-17(3)14-21)11-18-7-9-19(10-8-18)20(4,5)6/h7-9,15-17,19H,10-14H2,1-6H3. The predicted molar refractivity (Wildman–Crippen MR) is 95.0 cm³/mol. The molecule has 126 valence electrons. The highest BCUT2D eigenvalue weighted by Crippen LogP contribution is 2.34. The largest absolute Gasteiger partial charge is 0.373 e. The molecule has 2 nitrogen and oxygen atoms in total. The third-order valence-electron chi connectivity index (χ3n) is 4.94. The van der Waals surface area contributed by atoms with Crippen molar-refractivity contribution in [2.75, 3.05) is 19.6 Å². The third-order valence-corrected chi connectivity index (χ3v) is 4.94. The molecule has 1 heterocycles. The Morgan fingerprint density at radius 1 is 1.23 bits per heavy atom. The summed E-state index contributed by atoms with van der Waals surface area (Å²) in [6, 6.07) is 0. The Labute approximate surface area is 137 Å². The van der Waals surface area contributed by atoms with Crippen LogP contribution in [0.5, 0.6) is 0 Å². The van der Waals surface area contributed by atoms with E-state index in [0.29, 0.717) is 29.5 Å². The van der Waals surface area contributed by atoms with Gasteiger partial charge in [0.25, 0.3) is 0 Å². The summed E-state index contributed by atoms with van der Waals surface area (Å²) in [5, 5.41) is 0. The van der Waals surface area contributed by atoms with E-state index in [9.17, 15) is 0 Å². The van der Waals surface area contributed by atoms with Crippen LogP contribution in [0.2, 0.25) is 0 Å². The van der Waals surface area contributed by atoms with Crippen LogP contribution >= 0.6 is 0 Å². The smallest absolute Gasteiger partial charge is 0.0678 e. The Hall–Kier alpha value is -0.600. The molecule has 1 aliphatic carbocycles. The second-order valence-electron chi connectivity index (χ2n) is 8.63. The van der Waals surface area contributed by atoms with Crippen LogP contribution in [0.15, 0.2) is 23.8 Å². The summed E-state index contributed by atoms with van der Waals surface area (Å²) in [5.41, 5.74) is 1.91. The van der Waals surface area contributed by atoms with Crippen molar-refractivity contribution in [3.63, 3.8) is 0 Å². The van der Waals surface area contributed by atoms with Crippen molar-refractivity contribution in [1.82, 2.24) is 4.90 Å². The molecule has 0 spiro atoms. The van der Waals surface area contributed by atoms with Gasteiger partial charge in [-0.2, -0.15) is 0 Å². The fraction of sp³-hybridized carbons (Fsp3) is 0.800. The Morgan fingerprint density at radius 3 is 2.36 bits per heavy atom. The van der Waals surface area contributed by atoms with Crippen molar-refractivity contribution in [2.24, 2.45) is 17.3 Å². The van der Waals surface area contributed by atoms with Crippen molar-refractivity contribution in [2.45, 2.75) is 66.6 Å². The Kier molecular flexibility index (Phi) is 5.90. The average Bonchev–Trinajstić information content (AvgIpc) is 2.36. The number of morpholine rings is 1. The van der Waals surface area contributed by atoms with Crippen molar-refractivity contribution >= 4 is 0 Å². The first-order valence-electron chi connectivity index (χ1n) is 8.99. The van der Waals surface area contributed by atoms with Gasteiger partial charge in [-0.15, -0.1) is 0 Å². The van der Waals surface area contributed by atoms with E-state index in [2.05, 4.69) is 64.7 Å². The SMILES string of the molecule is CC(CC1=CCC(C(C)(C)C)C=C1)CN1CC(C)OC(C)C1. The number of nitrogens with zero attached hydrogens (tertiary/aromatic N) is 1. The van der Waals surface area contributed by atoms with Gasteiger partial charge in [0.05, 0.1) is 12.2 Å². The molecule has 0 N–H and O–H groups in total. The minimum atomic E-state index is 0.372. The molecule has 4 unspecified atom stereocenters. The lowest BCUT2D eigenvalue weighted by Gasteiger charge is -2.36. The average molecular weight is 306 g/mol. The Balaban J connectivity index is 1.80. The fourth-order valence-electron chi connectivity index (χ4n) is 3.80. The van der Waals surface area contributed by atoms with Gasteiger partial charge in [-0.25, -0.2) is 0 Å². The zero-order chi connectivity index (χ0) is 16.3. The summed E-state index contributed by atoms with van der Waals surface area (Å²) in [6.07, 6.45) is 10.4. The minimum Gasteiger partial charge on any atom is -0.373 e. The Bertz CT molecular complexity index is 408. The number of ether oxygens (including phenoxy) is 1. The summed E-state index contributed by atoms with van der Waals surface area (Å²) in [7, 11) is 0. The Morgan fingerprint density at radius 2 is 1.86 bits per heavy atom. The molecule has 1 aliphatic heterocycles. The number of hydrogen-bond acceptors (Lipinski definition) is 2. The van der Waals surface area contributed by atoms with Crippen LogP contribution in [0, 0.1) is 17.3 Å². The molecule has 2 aliphatic rings. The lowest BCUT2D eigenvalue weighted by atomic mass is 9.76. The topological polar surface area (TPSA) is 12.5 Å². The molecule has 0 bridgehead atoms. The maximum absolute atomic E-state index is 5.83. The molecule has 4 atom stereocenters. The van der Waals surface area contributed by atoms with E-state index in [1.807, 2.05) is 0 Å². The molecule has 22 heavy (non-hydrogen) atoms. The summed E-state index contributed by atoms with van der Waals surface area (Å²) in [4.78, 5) is 2.58. The highest BCUT2D eigenvalue weighted by Gasteiger charge is 2.25. The lowest BCUT2D eigenvalue weighted by molar-refractivity contribution is -0.0708. The number of rotatable bonds is 4. The summed E-state index contributed by atoms with van der Waals surface area (Å²) in [5.74, 6) is 1.40. The summed E-state index contributed by atoms with van der Waals surface area (Å²) >= 11 is 0. The van der Waals surface area contributed by atoms with Gasteiger partial charge in [0.15, 0.2) is 0 Å². The van der Waals surface area contributed by atoms with E-state index in [-0.39, 0.29) is 0 Å². The highest BCUT2D eigenvalue weighted by molar-refractivity contribution is 5.25. The van der Waals surface area contributed by atoms with Gasteiger partial charge in [-0.1, -0.05) is 51.5 Å². The minimum absolute atomic E-state index is 0.372. The van der Waals surface area contributed by atoms with Gasteiger partial charge in [-0.05, 0) is 43.9 Å². The van der Waals surface area contributed by atoms with E-state index in [4.69, 9.17) is 4.74 Å². The zero-order valence-corrected chi connectivity index (χ0v) is 15.4. The molecule has 1 saturated heterocycles. The second kappa shape index (κ2) is 7.31. The quantitative estimate of drug-likeness (QED) is 0.748. The van der Waals surface area contributed by atoms with Gasteiger partial charge in [0, 0.05) is 19.6 Å². The lowest BCUT2D eigenvalue weighted by Crippen LogP contribution is -2.46. The van der Waals surface area contributed by atoms with Gasteiger partial charge in [-0.3, -0.25) is 4.90 Å². The van der Waals surface area contributed by atoms with Crippen molar-refractivity contribution < 1.29 is 4.74 Å². The van der Waals surface area contributed by atoms with Gasteiger partial charge < -0.3 is 4.74 Å². The first-order valence-corrected chi connectivity index (χ1v) is 8.99. The van der Waals surface area contributed by atoms with E-state index in [1.54, 1.807) is 0 Å². The molecule has 0 aromatic rings. The highest BCUT2D eigenvalue weighted by atomic mass is 16.5. The van der Waals surface area contributed by atoms with Gasteiger partial charge in [0.1, 0.15) is 0 Å². The van der Waals surface area contributed by atoms with Gasteiger partial charge in [0.2, 0.25) is 0 Å². The normalized spacial score (nSPS) is 31.9. The van der Waals surface area contributed by atoms with Crippen molar-refractivity contribution in [1.29, 1.82) is 0 Å². The van der Waals surface area contributed by atoms with Crippen molar-refractivity contribution in [3.05, 3.63) is 23.8 Å². The van der Waals surface area contributed by atoms with Crippen LogP contribution in [0.25, 0.3) is 0 Å². The molecule has 0 radical (unpaired) electrons. The monoisotopic (exact) mass is 305 g/mol. The predicted octanol–water partition coefficient (Wildman–Crippen LogP) is 4.67. The van der Waals surface area contributed by atoms with E-state index < -0.39 is 0 Å². The maximum atomic E-state index is 5.83. The molecule has 0 aromatic heterocycles. The molecule has 1 fully saturated rings. The first kappa shape index (κ1) is 17.7. The van der Waals surface area contributed by atoms with E-state index in [0.717, 1.165) is 13.1 Å². The van der Waals surface area contributed by atoms with Gasteiger partial charge >= 0.3 is 0 Å². The maximum Gasteiger partial charge on any atom is 0.0678 e. The zero-order valence-electron chi connectivity index (χ0n) is 15.4. The van der Waals surface area contributed by atoms with Crippen molar-refractivity contribution in [3.8, 4) is 0 Å².